The van der Waals surface area contributed by atoms with Crippen molar-refractivity contribution < 1.29 is 4.79 Å². The number of hydrogen-bond donors (Lipinski definition) is 0. The summed E-state index contributed by atoms with van der Waals surface area (Å²) in [5.41, 5.74) is 2.48. The topological polar surface area (TPSA) is 52.6 Å². The Hall–Kier alpha value is -1.69. The summed E-state index contributed by atoms with van der Waals surface area (Å²) in [5, 5.41) is 0. The summed E-state index contributed by atoms with van der Waals surface area (Å²) >= 11 is 0. The highest BCUT2D eigenvalue weighted by atomic mass is 16.2. The predicted octanol–water partition coefficient (Wildman–Crippen LogP) is 3.28. The summed E-state index contributed by atoms with van der Waals surface area (Å²) in [6.45, 7) is 6.04. The van der Waals surface area contributed by atoms with Crippen molar-refractivity contribution in [1.29, 1.82) is 0 Å². The van der Waals surface area contributed by atoms with E-state index >= 15 is 0 Å². The molecule has 2 saturated heterocycles. The molecule has 6 nitrogen and oxygen atoms in total. The molecule has 3 fully saturated rings. The van der Waals surface area contributed by atoms with Crippen LogP contribution < -0.4 is 4.90 Å². The Balaban J connectivity index is 1.21. The first-order chi connectivity index (χ1) is 14.6. The molecule has 4 aliphatic rings. The normalized spacial score (nSPS) is 26.4. The molecule has 0 N–H and O–H groups in total. The average Bonchev–Trinajstić information content (AvgIpc) is 2.74. The molecular weight excluding hydrogens is 374 g/mol. The third kappa shape index (κ3) is 3.72. The van der Waals surface area contributed by atoms with Crippen molar-refractivity contribution >= 4 is 11.7 Å². The van der Waals surface area contributed by atoms with E-state index in [1.54, 1.807) is 0 Å². The van der Waals surface area contributed by atoms with Crippen LogP contribution in [0, 0.1) is 6.92 Å². The van der Waals surface area contributed by atoms with E-state index < -0.39 is 0 Å². The molecule has 164 valence electrons. The van der Waals surface area contributed by atoms with Crippen molar-refractivity contribution in [3.05, 3.63) is 17.1 Å². The zero-order chi connectivity index (χ0) is 20.7. The third-order valence-electron chi connectivity index (χ3n) is 8.05. The molecule has 1 aromatic rings. The number of piperidine rings is 1. The number of aryl methyl sites for hydroxylation is 1. The smallest absolute Gasteiger partial charge is 0.239 e. The van der Waals surface area contributed by atoms with Crippen LogP contribution in [0.5, 0.6) is 0 Å². The maximum atomic E-state index is 13.2. The van der Waals surface area contributed by atoms with Gasteiger partial charge in [-0.3, -0.25) is 9.69 Å². The van der Waals surface area contributed by atoms with Crippen molar-refractivity contribution in [1.82, 2.24) is 19.8 Å². The fourth-order valence-electron chi connectivity index (χ4n) is 6.08. The van der Waals surface area contributed by atoms with Crippen LogP contribution in [0.25, 0.3) is 0 Å². The molecule has 5 rings (SSSR count). The van der Waals surface area contributed by atoms with Gasteiger partial charge in [0.2, 0.25) is 5.91 Å². The molecule has 1 aliphatic carbocycles. The van der Waals surface area contributed by atoms with Gasteiger partial charge in [-0.05, 0) is 51.9 Å². The highest BCUT2D eigenvalue weighted by Crippen LogP contribution is 2.34. The Morgan fingerprint density at radius 1 is 0.900 bits per heavy atom. The van der Waals surface area contributed by atoms with Crippen molar-refractivity contribution in [3.8, 4) is 0 Å². The Morgan fingerprint density at radius 2 is 1.67 bits per heavy atom. The number of fused-ring (bicyclic) bond motifs is 1. The van der Waals surface area contributed by atoms with Crippen molar-refractivity contribution in [2.24, 2.45) is 0 Å². The van der Waals surface area contributed by atoms with Crippen molar-refractivity contribution in [2.45, 2.75) is 89.1 Å². The van der Waals surface area contributed by atoms with E-state index in [0.29, 0.717) is 17.9 Å². The average molecular weight is 412 g/mol. The molecule has 4 heterocycles. The standard InChI is InChI=1S/C24H37N5O/c1-17-20-9-6-13-27(2)23(20)26-22(25-17)18-10-14-28(15-11-18)24(30)21-12-16-29(21)19-7-4-3-5-8-19/h18-19,21H,3-16H2,1-2H3/t21-/m1/s1. The first-order valence-electron chi connectivity index (χ1n) is 12.2. The second-order valence-corrected chi connectivity index (χ2v) is 9.93. The van der Waals surface area contributed by atoms with Gasteiger partial charge >= 0.3 is 0 Å². The van der Waals surface area contributed by atoms with E-state index in [0.717, 1.165) is 69.2 Å². The SMILES string of the molecule is Cc1nc(C2CCN(C(=O)[C@H]3CCN3C3CCCCC3)CC2)nc2c1CCCN2C. The number of hydrogen-bond acceptors (Lipinski definition) is 5. The van der Waals surface area contributed by atoms with Crippen LogP contribution in [0.3, 0.4) is 0 Å². The molecule has 30 heavy (non-hydrogen) atoms. The van der Waals surface area contributed by atoms with Gasteiger partial charge in [0.1, 0.15) is 11.6 Å². The molecule has 1 aromatic heterocycles. The van der Waals surface area contributed by atoms with E-state index in [2.05, 4.69) is 28.7 Å². The maximum Gasteiger partial charge on any atom is 0.239 e. The van der Waals surface area contributed by atoms with Gasteiger partial charge in [0.05, 0.1) is 6.04 Å². The lowest BCUT2D eigenvalue weighted by molar-refractivity contribution is -0.145. The fraction of sp³-hybridized carbons (Fsp3) is 0.792. The number of anilines is 1. The summed E-state index contributed by atoms with van der Waals surface area (Å²) in [7, 11) is 2.15. The van der Waals surface area contributed by atoms with Gasteiger partial charge in [0, 0.05) is 56.4 Å². The molecule has 0 bridgehead atoms. The van der Waals surface area contributed by atoms with E-state index in [4.69, 9.17) is 9.97 Å². The maximum absolute atomic E-state index is 13.2. The van der Waals surface area contributed by atoms with Crippen LogP contribution in [0.15, 0.2) is 0 Å². The van der Waals surface area contributed by atoms with E-state index in [1.165, 1.54) is 44.1 Å². The van der Waals surface area contributed by atoms with E-state index in [1.807, 2.05) is 0 Å². The van der Waals surface area contributed by atoms with Crippen LogP contribution >= 0.6 is 0 Å². The molecule has 1 atom stereocenters. The molecule has 1 amide bonds. The fourth-order valence-corrected chi connectivity index (χ4v) is 6.08. The highest BCUT2D eigenvalue weighted by molar-refractivity contribution is 5.83. The lowest BCUT2D eigenvalue weighted by atomic mass is 9.88. The van der Waals surface area contributed by atoms with Crippen LogP contribution in [0.1, 0.15) is 80.8 Å². The first kappa shape index (κ1) is 20.2. The van der Waals surface area contributed by atoms with E-state index in [-0.39, 0.29) is 6.04 Å². The van der Waals surface area contributed by atoms with Crippen LogP contribution in [-0.4, -0.2) is 71.0 Å². The summed E-state index contributed by atoms with van der Waals surface area (Å²) in [6.07, 6.45) is 11.9. The largest absolute Gasteiger partial charge is 0.359 e. The second kappa shape index (κ2) is 8.45. The number of amides is 1. The van der Waals surface area contributed by atoms with Crippen LogP contribution in [0.4, 0.5) is 5.82 Å². The number of carbonyl (C=O) groups excluding carboxylic acids is 1. The highest BCUT2D eigenvalue weighted by Gasteiger charge is 2.41. The van der Waals surface area contributed by atoms with E-state index in [9.17, 15) is 4.79 Å². The zero-order valence-corrected chi connectivity index (χ0v) is 18.8. The minimum atomic E-state index is 0.153. The number of aromatic nitrogens is 2. The number of likely N-dealkylation sites (tertiary alicyclic amines) is 2. The Bertz CT molecular complexity index is 782. The first-order valence-corrected chi connectivity index (χ1v) is 12.2. The number of carbonyl (C=O) groups is 1. The molecule has 6 heteroatoms. The lowest BCUT2D eigenvalue weighted by Crippen LogP contribution is -2.61. The quantitative estimate of drug-likeness (QED) is 0.764. The predicted molar refractivity (Wildman–Crippen MR) is 119 cm³/mol. The summed E-state index contributed by atoms with van der Waals surface area (Å²) in [5.74, 6) is 2.90. The molecular formula is C24H37N5O. The molecule has 0 radical (unpaired) electrons. The number of rotatable bonds is 3. The van der Waals surface area contributed by atoms with Crippen molar-refractivity contribution in [3.63, 3.8) is 0 Å². The Morgan fingerprint density at radius 3 is 2.37 bits per heavy atom. The molecule has 3 aliphatic heterocycles. The Labute approximate surface area is 181 Å². The Kier molecular flexibility index (Phi) is 5.69. The molecule has 0 unspecified atom stereocenters. The summed E-state index contributed by atoms with van der Waals surface area (Å²) in [6, 6.07) is 0.809. The minimum Gasteiger partial charge on any atom is -0.359 e. The molecule has 1 saturated carbocycles. The van der Waals surface area contributed by atoms with Gasteiger partial charge in [0.15, 0.2) is 0 Å². The monoisotopic (exact) mass is 411 g/mol. The van der Waals surface area contributed by atoms with Gasteiger partial charge in [-0.1, -0.05) is 19.3 Å². The summed E-state index contributed by atoms with van der Waals surface area (Å²) < 4.78 is 0. The van der Waals surface area contributed by atoms with Gasteiger partial charge in [-0.2, -0.15) is 0 Å². The van der Waals surface area contributed by atoms with Gasteiger partial charge < -0.3 is 9.80 Å². The van der Waals surface area contributed by atoms with Crippen molar-refractivity contribution in [2.75, 3.05) is 38.1 Å². The lowest BCUT2D eigenvalue weighted by Gasteiger charge is -2.48. The zero-order valence-electron chi connectivity index (χ0n) is 18.8. The third-order valence-corrected chi connectivity index (χ3v) is 8.05. The number of nitrogens with zero attached hydrogens (tertiary/aromatic N) is 5. The van der Waals surface area contributed by atoms with Gasteiger partial charge in [0.25, 0.3) is 0 Å². The second-order valence-electron chi connectivity index (χ2n) is 9.93. The van der Waals surface area contributed by atoms with Gasteiger partial charge in [-0.15, -0.1) is 0 Å². The van der Waals surface area contributed by atoms with Gasteiger partial charge in [-0.25, -0.2) is 9.97 Å². The minimum absolute atomic E-state index is 0.153. The summed E-state index contributed by atoms with van der Waals surface area (Å²) in [4.78, 5) is 30.0. The molecule has 0 spiro atoms. The van der Waals surface area contributed by atoms with Crippen LogP contribution in [0.2, 0.25) is 0 Å². The molecule has 0 aromatic carbocycles. The van der Waals surface area contributed by atoms with Crippen LogP contribution in [-0.2, 0) is 11.2 Å².